The average Bonchev–Trinajstić information content (AvgIpc) is 3.65. The summed E-state index contributed by atoms with van der Waals surface area (Å²) in [5, 5.41) is 7.05. The number of hydrogen-bond acceptors (Lipinski definition) is 12. The van der Waals surface area contributed by atoms with Crippen LogP contribution < -0.4 is 9.44 Å². The van der Waals surface area contributed by atoms with Crippen LogP contribution in [0.4, 0.5) is 20.2 Å². The highest BCUT2D eigenvalue weighted by Gasteiger charge is 2.26. The van der Waals surface area contributed by atoms with Gasteiger partial charge in [-0.05, 0) is 64.1 Å². The van der Waals surface area contributed by atoms with Gasteiger partial charge in [0, 0.05) is 23.8 Å². The molecule has 0 fully saturated rings. The van der Waals surface area contributed by atoms with Gasteiger partial charge in [-0.15, -0.1) is 10.2 Å². The van der Waals surface area contributed by atoms with Crippen molar-refractivity contribution in [2.75, 3.05) is 9.44 Å². The first kappa shape index (κ1) is 36.1. The molecule has 6 rings (SSSR count). The third kappa shape index (κ3) is 7.99. The number of aryl methyl sites for hydroxylation is 4. The van der Waals surface area contributed by atoms with Crippen molar-refractivity contribution in [1.82, 2.24) is 49.5 Å². The molecule has 260 valence electrons. The lowest BCUT2D eigenvalue weighted by Gasteiger charge is -2.08. The minimum atomic E-state index is -4.42. The lowest BCUT2D eigenvalue weighted by molar-refractivity contribution is 0.578. The maximum absolute atomic E-state index is 13.7. The summed E-state index contributed by atoms with van der Waals surface area (Å²) >= 11 is 12.0. The Morgan fingerprint density at radius 2 is 1.06 bits per heavy atom. The Kier molecular flexibility index (Phi) is 10.4. The van der Waals surface area contributed by atoms with Gasteiger partial charge in [-0.1, -0.05) is 35.3 Å². The zero-order valence-electron chi connectivity index (χ0n) is 26.2. The van der Waals surface area contributed by atoms with Crippen LogP contribution in [-0.4, -0.2) is 66.3 Å². The van der Waals surface area contributed by atoms with Crippen LogP contribution in [0, 0.1) is 39.3 Å². The molecular weight excluding hydrogens is 741 g/mol. The van der Waals surface area contributed by atoms with Gasteiger partial charge in [0.05, 0.1) is 15.7 Å². The number of halogens is 4. The van der Waals surface area contributed by atoms with Crippen molar-refractivity contribution >= 4 is 54.6 Å². The molecule has 0 saturated carbocycles. The molecule has 2 aromatic carbocycles. The number of nitrogens with one attached hydrogen (secondary N) is 2. The molecular formula is C28H24Cl2F2N12O4S2. The van der Waals surface area contributed by atoms with Gasteiger partial charge in [0.1, 0.15) is 29.0 Å². The van der Waals surface area contributed by atoms with Crippen molar-refractivity contribution in [2.24, 2.45) is 0 Å². The Hall–Kier alpha value is -5.18. The van der Waals surface area contributed by atoms with E-state index in [2.05, 4.69) is 44.8 Å². The number of rotatable bonds is 8. The van der Waals surface area contributed by atoms with Crippen molar-refractivity contribution in [1.29, 1.82) is 0 Å². The fraction of sp³-hybridized carbons (Fsp3) is 0.143. The van der Waals surface area contributed by atoms with E-state index in [0.29, 0.717) is 17.2 Å². The number of anilines is 2. The highest BCUT2D eigenvalue weighted by Crippen LogP contribution is 2.31. The maximum atomic E-state index is 13.7. The first-order valence-corrected chi connectivity index (χ1v) is 17.7. The zero-order chi connectivity index (χ0) is 36.4. The standard InChI is InChI=1S/C15H14F2N6O2S.C13H10Cl2N6O2S/c1-8-7-9(2)19-14(18-8)23-10(3)20-15(21-23)26(24,25)22-13-11(16)5-4-6-12(13)17;1-8-18-13(19-21(8)12-16-6-3-7-17-12)24(22,23)20-11-9(14)4-2-5-10(11)15/h4-7,22H,1-3H3;2-7,20H,1H3. The van der Waals surface area contributed by atoms with Crippen molar-refractivity contribution < 1.29 is 25.6 Å². The number of sulfonamides is 2. The van der Waals surface area contributed by atoms with Gasteiger partial charge in [0.2, 0.25) is 0 Å². The van der Waals surface area contributed by atoms with Gasteiger partial charge in [-0.2, -0.15) is 26.2 Å². The van der Waals surface area contributed by atoms with Crippen molar-refractivity contribution in [3.05, 3.63) is 106 Å². The summed E-state index contributed by atoms with van der Waals surface area (Å²) in [6, 6.07) is 11.0. The molecule has 0 spiro atoms. The summed E-state index contributed by atoms with van der Waals surface area (Å²) in [5.74, 6) is -1.24. The van der Waals surface area contributed by atoms with Crippen LogP contribution in [0.1, 0.15) is 23.0 Å². The first-order chi connectivity index (χ1) is 23.6. The molecule has 0 bridgehead atoms. The molecule has 6 aromatic rings. The lowest BCUT2D eigenvalue weighted by atomic mass is 10.3. The molecule has 0 saturated heterocycles. The van der Waals surface area contributed by atoms with E-state index in [-0.39, 0.29) is 33.5 Å². The van der Waals surface area contributed by atoms with E-state index in [1.807, 2.05) is 4.72 Å². The summed E-state index contributed by atoms with van der Waals surface area (Å²) in [7, 11) is -8.50. The molecule has 0 aliphatic heterocycles. The van der Waals surface area contributed by atoms with Crippen LogP contribution in [0.25, 0.3) is 11.9 Å². The summed E-state index contributed by atoms with van der Waals surface area (Å²) in [5.41, 5.74) is 0.590. The van der Waals surface area contributed by atoms with Crippen LogP contribution in [0.3, 0.4) is 0 Å². The van der Waals surface area contributed by atoms with Crippen LogP contribution in [0.5, 0.6) is 0 Å². The highest BCUT2D eigenvalue weighted by atomic mass is 35.5. The quantitative estimate of drug-likeness (QED) is 0.219. The third-order valence-electron chi connectivity index (χ3n) is 6.28. The predicted molar refractivity (Wildman–Crippen MR) is 177 cm³/mol. The Labute approximate surface area is 293 Å². The van der Waals surface area contributed by atoms with Gasteiger partial charge in [-0.3, -0.25) is 9.44 Å². The molecule has 0 radical (unpaired) electrons. The minimum Gasteiger partial charge on any atom is -0.274 e. The summed E-state index contributed by atoms with van der Waals surface area (Å²) < 4.78 is 83.7. The summed E-state index contributed by atoms with van der Waals surface area (Å²) in [6.07, 6.45) is 3.03. The molecule has 0 unspecified atom stereocenters. The van der Waals surface area contributed by atoms with E-state index < -0.39 is 47.7 Å². The fourth-order valence-corrected chi connectivity index (χ4v) is 6.71. The van der Waals surface area contributed by atoms with Crippen LogP contribution in [-0.2, 0) is 20.0 Å². The van der Waals surface area contributed by atoms with E-state index >= 15 is 0 Å². The smallest absolute Gasteiger partial charge is 0.274 e. The third-order valence-corrected chi connectivity index (χ3v) is 9.16. The van der Waals surface area contributed by atoms with E-state index in [1.165, 1.54) is 36.1 Å². The van der Waals surface area contributed by atoms with E-state index in [0.717, 1.165) is 22.9 Å². The molecule has 22 heteroatoms. The molecule has 16 nitrogen and oxygen atoms in total. The number of aromatic nitrogens is 10. The van der Waals surface area contributed by atoms with Crippen molar-refractivity contribution in [3.63, 3.8) is 0 Å². The van der Waals surface area contributed by atoms with Gasteiger partial charge >= 0.3 is 0 Å². The fourth-order valence-electron chi connectivity index (χ4n) is 4.09. The number of para-hydroxylation sites is 2. The number of hydrogen-bond donors (Lipinski definition) is 2. The molecule has 0 aliphatic rings. The highest BCUT2D eigenvalue weighted by molar-refractivity contribution is 7.92. The second kappa shape index (κ2) is 14.4. The second-order valence-corrected chi connectivity index (χ2v) is 14.1. The van der Waals surface area contributed by atoms with Gasteiger partial charge in [-0.25, -0.2) is 38.7 Å². The van der Waals surface area contributed by atoms with Gasteiger partial charge < -0.3 is 0 Å². The normalized spacial score (nSPS) is 11.5. The lowest BCUT2D eigenvalue weighted by Crippen LogP contribution is -2.17. The molecule has 0 atom stereocenters. The van der Waals surface area contributed by atoms with E-state index in [1.54, 1.807) is 39.0 Å². The van der Waals surface area contributed by atoms with Gasteiger partial charge in [0.15, 0.2) is 0 Å². The van der Waals surface area contributed by atoms with Crippen LogP contribution in [0.2, 0.25) is 10.0 Å². The number of nitrogens with zero attached hydrogens (tertiary/aromatic N) is 10. The largest absolute Gasteiger partial charge is 0.299 e. The molecule has 50 heavy (non-hydrogen) atoms. The molecule has 4 heterocycles. The molecule has 2 N–H and O–H groups in total. The average molecular weight is 766 g/mol. The van der Waals surface area contributed by atoms with Gasteiger partial charge in [0.25, 0.3) is 42.3 Å². The Morgan fingerprint density at radius 3 is 1.56 bits per heavy atom. The molecule has 0 amide bonds. The summed E-state index contributed by atoms with van der Waals surface area (Å²) in [6.45, 7) is 6.61. The monoisotopic (exact) mass is 764 g/mol. The molecule has 0 aliphatic carbocycles. The number of benzene rings is 2. The van der Waals surface area contributed by atoms with E-state index in [9.17, 15) is 25.6 Å². The maximum Gasteiger partial charge on any atom is 0.299 e. The van der Waals surface area contributed by atoms with Crippen molar-refractivity contribution in [3.8, 4) is 11.9 Å². The van der Waals surface area contributed by atoms with Crippen molar-refractivity contribution in [2.45, 2.75) is 38.0 Å². The summed E-state index contributed by atoms with van der Waals surface area (Å²) in [4.78, 5) is 24.2. The topological polar surface area (TPSA) is 205 Å². The molecule has 4 aromatic heterocycles. The van der Waals surface area contributed by atoms with Crippen LogP contribution in [0.15, 0.2) is 71.2 Å². The zero-order valence-corrected chi connectivity index (χ0v) is 29.4. The van der Waals surface area contributed by atoms with Crippen LogP contribution >= 0.6 is 23.2 Å². The minimum absolute atomic E-state index is 0.0609. The Morgan fingerprint density at radius 1 is 0.620 bits per heavy atom. The second-order valence-electron chi connectivity index (χ2n) is 10.1. The van der Waals surface area contributed by atoms with E-state index in [4.69, 9.17) is 23.2 Å². The SMILES string of the molecule is Cc1cc(C)nc(-n2nc(S(=O)(=O)Nc3c(F)cccc3F)nc2C)n1.Cc1nc(S(=O)(=O)Nc2c(Cl)cccc2Cl)nn1-c1ncccn1. The first-order valence-electron chi connectivity index (χ1n) is 14.0. The Bertz CT molecular complexity index is 2370. The predicted octanol–water partition coefficient (Wildman–Crippen LogP) is 4.53. The Balaban J connectivity index is 0.000000195.